The number of rotatable bonds is 6. The van der Waals surface area contributed by atoms with Crippen molar-refractivity contribution in [2.45, 2.75) is 47.0 Å². The summed E-state index contributed by atoms with van der Waals surface area (Å²) in [7, 11) is 1.95. The van der Waals surface area contributed by atoms with E-state index in [0.29, 0.717) is 13.2 Å². The summed E-state index contributed by atoms with van der Waals surface area (Å²) in [6.45, 7) is 11.9. The normalized spacial score (nSPS) is 14.8. The minimum atomic E-state index is -0.157. The van der Waals surface area contributed by atoms with Gasteiger partial charge in [0.25, 0.3) is 0 Å². The number of likely N-dealkylation sites (N-methyl/N-ethyl adjacent to an activating group) is 1. The molecule has 1 atom stereocenters. The molecule has 0 aromatic rings. The number of hydrogen-bond acceptors (Lipinski definition) is 3. The van der Waals surface area contributed by atoms with Crippen molar-refractivity contribution < 1.29 is 9.47 Å². The Hall–Kier alpha value is -0.120. The van der Waals surface area contributed by atoms with Crippen molar-refractivity contribution >= 4 is 0 Å². The first kappa shape index (κ1) is 13.9. The van der Waals surface area contributed by atoms with E-state index in [0.717, 1.165) is 0 Å². The van der Waals surface area contributed by atoms with Crippen molar-refractivity contribution in [2.75, 3.05) is 20.3 Å². The fraction of sp³-hybridized carbons (Fsp3) is 1.00. The molecule has 0 saturated carbocycles. The summed E-state index contributed by atoms with van der Waals surface area (Å²) in [4.78, 5) is 0. The number of hydrogen-bond donors (Lipinski definition) is 1. The average molecular weight is 203 g/mol. The quantitative estimate of drug-likeness (QED) is 0.670. The summed E-state index contributed by atoms with van der Waals surface area (Å²) in [5, 5.41) is 3.26. The van der Waals surface area contributed by atoms with Crippen molar-refractivity contribution in [2.24, 2.45) is 5.41 Å². The van der Waals surface area contributed by atoms with E-state index in [1.165, 1.54) is 0 Å². The molecule has 0 saturated heterocycles. The molecule has 86 valence electrons. The topological polar surface area (TPSA) is 30.5 Å². The van der Waals surface area contributed by atoms with Crippen LogP contribution in [0.2, 0.25) is 0 Å². The highest BCUT2D eigenvalue weighted by Crippen LogP contribution is 2.23. The third-order valence-corrected chi connectivity index (χ3v) is 2.18. The van der Waals surface area contributed by atoms with E-state index in [4.69, 9.17) is 9.47 Å². The molecular formula is C11H25NO2. The zero-order valence-electron chi connectivity index (χ0n) is 10.4. The maximum Gasteiger partial charge on any atom is 0.173 e. The van der Waals surface area contributed by atoms with Crippen molar-refractivity contribution in [3.63, 3.8) is 0 Å². The summed E-state index contributed by atoms with van der Waals surface area (Å²) in [6.07, 6.45) is -0.157. The van der Waals surface area contributed by atoms with Gasteiger partial charge < -0.3 is 14.8 Å². The summed E-state index contributed by atoms with van der Waals surface area (Å²) >= 11 is 0. The van der Waals surface area contributed by atoms with Gasteiger partial charge in [0.05, 0.1) is 6.04 Å². The summed E-state index contributed by atoms with van der Waals surface area (Å²) in [5.74, 6) is 0. The zero-order chi connectivity index (χ0) is 11.2. The van der Waals surface area contributed by atoms with Gasteiger partial charge in [-0.25, -0.2) is 0 Å². The Morgan fingerprint density at radius 1 is 1.07 bits per heavy atom. The molecule has 3 nitrogen and oxygen atoms in total. The second-order valence-electron chi connectivity index (χ2n) is 4.41. The minimum Gasteiger partial charge on any atom is -0.351 e. The van der Waals surface area contributed by atoms with Crippen LogP contribution in [0.15, 0.2) is 0 Å². The predicted molar refractivity (Wildman–Crippen MR) is 59.3 cm³/mol. The van der Waals surface area contributed by atoms with Crippen LogP contribution in [-0.2, 0) is 9.47 Å². The van der Waals surface area contributed by atoms with Gasteiger partial charge >= 0.3 is 0 Å². The van der Waals surface area contributed by atoms with Crippen LogP contribution in [0.1, 0.15) is 34.6 Å². The van der Waals surface area contributed by atoms with Crippen LogP contribution in [-0.4, -0.2) is 32.6 Å². The maximum absolute atomic E-state index is 5.58. The Morgan fingerprint density at radius 3 is 1.71 bits per heavy atom. The molecule has 0 rings (SSSR count). The molecule has 0 aliphatic carbocycles. The number of nitrogens with one attached hydrogen (secondary N) is 1. The smallest absolute Gasteiger partial charge is 0.173 e. The Labute approximate surface area is 88.2 Å². The third kappa shape index (κ3) is 4.40. The van der Waals surface area contributed by atoms with Gasteiger partial charge in [-0.1, -0.05) is 20.8 Å². The third-order valence-electron chi connectivity index (χ3n) is 2.18. The highest BCUT2D eigenvalue weighted by molar-refractivity contribution is 4.82. The predicted octanol–water partition coefficient (Wildman–Crippen LogP) is 2.02. The second-order valence-corrected chi connectivity index (χ2v) is 4.41. The van der Waals surface area contributed by atoms with Crippen LogP contribution in [0.3, 0.4) is 0 Å². The molecule has 0 bridgehead atoms. The molecule has 0 fully saturated rings. The SMILES string of the molecule is CCOC(OCC)C(NC)C(C)(C)C. The van der Waals surface area contributed by atoms with Crippen LogP contribution < -0.4 is 5.32 Å². The minimum absolute atomic E-state index is 0.129. The molecule has 0 aliphatic heterocycles. The molecule has 0 aromatic carbocycles. The highest BCUT2D eigenvalue weighted by atomic mass is 16.7. The van der Waals surface area contributed by atoms with Crippen molar-refractivity contribution in [1.82, 2.24) is 5.32 Å². The van der Waals surface area contributed by atoms with Gasteiger partial charge in [-0.05, 0) is 26.3 Å². The molecule has 0 heterocycles. The van der Waals surface area contributed by atoms with Crippen molar-refractivity contribution in [1.29, 1.82) is 0 Å². The van der Waals surface area contributed by atoms with Crippen LogP contribution in [0.4, 0.5) is 0 Å². The molecule has 0 amide bonds. The van der Waals surface area contributed by atoms with Gasteiger partial charge in [-0.15, -0.1) is 0 Å². The first-order valence-electron chi connectivity index (χ1n) is 5.37. The van der Waals surface area contributed by atoms with Crippen LogP contribution >= 0.6 is 0 Å². The monoisotopic (exact) mass is 203 g/mol. The average Bonchev–Trinajstić information content (AvgIpc) is 2.03. The van der Waals surface area contributed by atoms with E-state index in [1.54, 1.807) is 0 Å². The fourth-order valence-electron chi connectivity index (χ4n) is 1.55. The molecule has 0 aliphatic rings. The Morgan fingerprint density at radius 2 is 1.50 bits per heavy atom. The van der Waals surface area contributed by atoms with Gasteiger partial charge in [0.15, 0.2) is 6.29 Å². The molecule has 0 spiro atoms. The summed E-state index contributed by atoms with van der Waals surface area (Å²) in [6, 6.07) is 0.211. The lowest BCUT2D eigenvalue weighted by molar-refractivity contribution is -0.168. The molecule has 3 heteroatoms. The second kappa shape index (κ2) is 6.38. The molecule has 14 heavy (non-hydrogen) atoms. The van der Waals surface area contributed by atoms with E-state index in [1.807, 2.05) is 20.9 Å². The standard InChI is InChI=1S/C11H25NO2/c1-7-13-10(14-8-2)9(12-6)11(3,4)5/h9-10,12H,7-8H2,1-6H3. The first-order valence-corrected chi connectivity index (χ1v) is 5.37. The zero-order valence-corrected chi connectivity index (χ0v) is 10.4. The van der Waals surface area contributed by atoms with Gasteiger partial charge in [-0.3, -0.25) is 0 Å². The van der Waals surface area contributed by atoms with E-state index < -0.39 is 0 Å². The van der Waals surface area contributed by atoms with Crippen molar-refractivity contribution in [3.8, 4) is 0 Å². The Balaban J connectivity index is 4.41. The molecule has 0 aromatic heterocycles. The first-order chi connectivity index (χ1) is 6.47. The lowest BCUT2D eigenvalue weighted by Gasteiger charge is -2.36. The molecule has 1 N–H and O–H groups in total. The fourth-order valence-corrected chi connectivity index (χ4v) is 1.55. The Bertz CT molecular complexity index is 137. The van der Waals surface area contributed by atoms with E-state index >= 15 is 0 Å². The lowest BCUT2D eigenvalue weighted by Crippen LogP contribution is -2.49. The van der Waals surface area contributed by atoms with Crippen molar-refractivity contribution in [3.05, 3.63) is 0 Å². The summed E-state index contributed by atoms with van der Waals surface area (Å²) < 4.78 is 11.2. The molecule has 1 unspecified atom stereocenters. The lowest BCUT2D eigenvalue weighted by atomic mass is 9.86. The van der Waals surface area contributed by atoms with E-state index in [-0.39, 0.29) is 17.7 Å². The van der Waals surface area contributed by atoms with Crippen LogP contribution in [0.25, 0.3) is 0 Å². The van der Waals surface area contributed by atoms with E-state index in [9.17, 15) is 0 Å². The Kier molecular flexibility index (Phi) is 6.33. The van der Waals surface area contributed by atoms with Crippen LogP contribution in [0, 0.1) is 5.41 Å². The van der Waals surface area contributed by atoms with Gasteiger partial charge in [0.2, 0.25) is 0 Å². The van der Waals surface area contributed by atoms with Gasteiger partial charge in [0, 0.05) is 13.2 Å². The van der Waals surface area contributed by atoms with Gasteiger partial charge in [0.1, 0.15) is 0 Å². The highest BCUT2D eigenvalue weighted by Gasteiger charge is 2.31. The molecular weight excluding hydrogens is 178 g/mol. The number of ether oxygens (including phenoxy) is 2. The summed E-state index contributed by atoms with van der Waals surface area (Å²) in [5.41, 5.74) is 0.129. The molecule has 0 radical (unpaired) electrons. The van der Waals surface area contributed by atoms with Gasteiger partial charge in [-0.2, -0.15) is 0 Å². The van der Waals surface area contributed by atoms with E-state index in [2.05, 4.69) is 26.1 Å². The van der Waals surface area contributed by atoms with Crippen LogP contribution in [0.5, 0.6) is 0 Å². The largest absolute Gasteiger partial charge is 0.351 e. The maximum atomic E-state index is 5.58.